The van der Waals surface area contributed by atoms with Crippen molar-refractivity contribution >= 4 is 5.78 Å². The summed E-state index contributed by atoms with van der Waals surface area (Å²) in [6, 6.07) is 4.52. The van der Waals surface area contributed by atoms with Gasteiger partial charge < -0.3 is 9.47 Å². The van der Waals surface area contributed by atoms with Crippen molar-refractivity contribution < 1.29 is 18.7 Å². The van der Waals surface area contributed by atoms with Gasteiger partial charge in [0.05, 0.1) is 7.11 Å². The van der Waals surface area contributed by atoms with Crippen molar-refractivity contribution in [2.45, 2.75) is 25.9 Å². The maximum Gasteiger partial charge on any atom is 0.165 e. The smallest absolute Gasteiger partial charge is 0.165 e. The average molecular weight is 240 g/mol. The predicted octanol–water partition coefficient (Wildman–Crippen LogP) is 2.37. The molecule has 1 rings (SSSR count). The molecule has 4 heteroatoms. The highest BCUT2D eigenvalue weighted by atomic mass is 19.1. The van der Waals surface area contributed by atoms with Crippen LogP contribution < -0.4 is 4.74 Å². The van der Waals surface area contributed by atoms with Gasteiger partial charge in [-0.15, -0.1) is 0 Å². The summed E-state index contributed by atoms with van der Waals surface area (Å²) in [7, 11) is 2.90. The summed E-state index contributed by atoms with van der Waals surface area (Å²) >= 11 is 0. The Morgan fingerprint density at radius 1 is 1.41 bits per heavy atom. The molecule has 3 nitrogen and oxygen atoms in total. The molecule has 17 heavy (non-hydrogen) atoms. The highest BCUT2D eigenvalue weighted by molar-refractivity contribution is 5.85. The van der Waals surface area contributed by atoms with Crippen LogP contribution in [0, 0.1) is 5.82 Å². The van der Waals surface area contributed by atoms with Gasteiger partial charge in [-0.05, 0) is 24.1 Å². The number of ketones is 1. The fraction of sp³-hybridized carbons (Fsp3) is 0.462. The number of halogens is 1. The molecule has 0 aliphatic rings. The van der Waals surface area contributed by atoms with Crippen molar-refractivity contribution in [1.29, 1.82) is 0 Å². The number of hydrogen-bond acceptors (Lipinski definition) is 3. The molecule has 0 N–H and O–H groups in total. The largest absolute Gasteiger partial charge is 0.494 e. The van der Waals surface area contributed by atoms with E-state index in [0.717, 1.165) is 0 Å². The van der Waals surface area contributed by atoms with Crippen LogP contribution >= 0.6 is 0 Å². The molecule has 0 aliphatic heterocycles. The van der Waals surface area contributed by atoms with E-state index in [1.807, 2.05) is 6.92 Å². The van der Waals surface area contributed by atoms with Crippen molar-refractivity contribution in [3.8, 4) is 5.75 Å². The average Bonchev–Trinajstić information content (AvgIpc) is 2.31. The molecule has 0 fully saturated rings. The molecule has 1 unspecified atom stereocenters. The van der Waals surface area contributed by atoms with Gasteiger partial charge in [-0.25, -0.2) is 4.39 Å². The molecule has 0 saturated heterocycles. The molecule has 0 radical (unpaired) electrons. The van der Waals surface area contributed by atoms with Crippen molar-refractivity contribution in [2.75, 3.05) is 14.2 Å². The number of Topliss-reactive ketones (excluding diaryl/α,β-unsaturated/α-hetero) is 1. The normalized spacial score (nSPS) is 12.2. The third-order valence-electron chi connectivity index (χ3n) is 2.61. The Bertz CT molecular complexity index is 386. The van der Waals surface area contributed by atoms with E-state index >= 15 is 0 Å². The van der Waals surface area contributed by atoms with Gasteiger partial charge in [0, 0.05) is 13.5 Å². The van der Waals surface area contributed by atoms with E-state index in [-0.39, 0.29) is 18.0 Å². The molecule has 1 aromatic carbocycles. The van der Waals surface area contributed by atoms with E-state index in [1.165, 1.54) is 26.4 Å². The number of methoxy groups -OCH3 is 2. The Morgan fingerprint density at radius 2 is 2.12 bits per heavy atom. The monoisotopic (exact) mass is 240 g/mol. The Balaban J connectivity index is 2.75. The number of ether oxygens (including phenoxy) is 2. The summed E-state index contributed by atoms with van der Waals surface area (Å²) in [4.78, 5) is 11.8. The zero-order valence-corrected chi connectivity index (χ0v) is 10.3. The van der Waals surface area contributed by atoms with Gasteiger partial charge in [-0.3, -0.25) is 4.79 Å². The van der Waals surface area contributed by atoms with Crippen LogP contribution in [0.15, 0.2) is 18.2 Å². The second-order valence-electron chi connectivity index (χ2n) is 3.74. The maximum atomic E-state index is 13.4. The summed E-state index contributed by atoms with van der Waals surface area (Å²) < 4.78 is 23.2. The topological polar surface area (TPSA) is 35.5 Å². The van der Waals surface area contributed by atoms with Crippen LogP contribution in [0.4, 0.5) is 4.39 Å². The molecule has 94 valence electrons. The number of hydrogen-bond donors (Lipinski definition) is 0. The minimum absolute atomic E-state index is 0.0421. The van der Waals surface area contributed by atoms with Crippen LogP contribution in [-0.2, 0) is 16.0 Å². The van der Waals surface area contributed by atoms with Crippen molar-refractivity contribution in [1.82, 2.24) is 0 Å². The Labute approximate surface area is 101 Å². The van der Waals surface area contributed by atoms with E-state index in [1.54, 1.807) is 6.07 Å². The zero-order valence-electron chi connectivity index (χ0n) is 10.3. The van der Waals surface area contributed by atoms with E-state index in [2.05, 4.69) is 0 Å². The Morgan fingerprint density at radius 3 is 2.59 bits per heavy atom. The summed E-state index contributed by atoms with van der Waals surface area (Å²) in [6.07, 6.45) is 0.376. The predicted molar refractivity (Wildman–Crippen MR) is 62.8 cm³/mol. The lowest BCUT2D eigenvalue weighted by Crippen LogP contribution is -2.23. The Kier molecular flexibility index (Phi) is 5.10. The second kappa shape index (κ2) is 6.35. The van der Waals surface area contributed by atoms with Crippen LogP contribution in [0.3, 0.4) is 0 Å². The molecule has 0 amide bonds. The molecule has 0 bridgehead atoms. The number of rotatable bonds is 6. The lowest BCUT2D eigenvalue weighted by molar-refractivity contribution is -0.128. The first kappa shape index (κ1) is 13.6. The van der Waals surface area contributed by atoms with Crippen LogP contribution in [-0.4, -0.2) is 26.1 Å². The van der Waals surface area contributed by atoms with Gasteiger partial charge >= 0.3 is 0 Å². The van der Waals surface area contributed by atoms with Gasteiger partial charge in [-0.2, -0.15) is 0 Å². The fourth-order valence-corrected chi connectivity index (χ4v) is 1.66. The van der Waals surface area contributed by atoms with Gasteiger partial charge in [0.15, 0.2) is 17.3 Å². The molecule has 1 aromatic rings. The number of benzene rings is 1. The molecule has 0 aliphatic carbocycles. The van der Waals surface area contributed by atoms with E-state index in [9.17, 15) is 9.18 Å². The molecule has 0 saturated carbocycles. The zero-order chi connectivity index (χ0) is 12.8. The van der Waals surface area contributed by atoms with E-state index < -0.39 is 11.9 Å². The minimum atomic E-state index is -0.455. The minimum Gasteiger partial charge on any atom is -0.494 e. The van der Waals surface area contributed by atoms with Crippen LogP contribution in [0.1, 0.15) is 18.9 Å². The van der Waals surface area contributed by atoms with Crippen LogP contribution in [0.2, 0.25) is 0 Å². The first-order valence-corrected chi connectivity index (χ1v) is 5.50. The van der Waals surface area contributed by atoms with Crippen molar-refractivity contribution in [2.24, 2.45) is 0 Å². The molecule has 1 atom stereocenters. The summed E-state index contributed by atoms with van der Waals surface area (Å²) in [5.41, 5.74) is 0.629. The van der Waals surface area contributed by atoms with Crippen molar-refractivity contribution in [3.63, 3.8) is 0 Å². The second-order valence-corrected chi connectivity index (χ2v) is 3.74. The molecular formula is C13H17FO3. The van der Waals surface area contributed by atoms with Gasteiger partial charge in [0.2, 0.25) is 0 Å². The molecule has 0 spiro atoms. The number of carbonyl (C=O) groups excluding carboxylic acids is 1. The first-order valence-electron chi connectivity index (χ1n) is 5.50. The van der Waals surface area contributed by atoms with Crippen LogP contribution in [0.5, 0.6) is 5.75 Å². The molecular weight excluding hydrogens is 223 g/mol. The summed E-state index contributed by atoms with van der Waals surface area (Å²) in [5, 5.41) is 0. The first-order chi connectivity index (χ1) is 8.12. The highest BCUT2D eigenvalue weighted by Crippen LogP contribution is 2.18. The maximum absolute atomic E-state index is 13.4. The third kappa shape index (κ3) is 3.53. The fourth-order valence-electron chi connectivity index (χ4n) is 1.66. The third-order valence-corrected chi connectivity index (χ3v) is 2.61. The standard InChI is InChI=1S/C13H17FO3/c1-4-12(16-2)11(15)8-9-5-6-13(17-3)10(14)7-9/h5-7,12H,4,8H2,1-3H3. The lowest BCUT2D eigenvalue weighted by Gasteiger charge is -2.11. The summed E-state index contributed by atoms with van der Waals surface area (Å²) in [6.45, 7) is 1.88. The Hall–Kier alpha value is -1.42. The van der Waals surface area contributed by atoms with Gasteiger partial charge in [-0.1, -0.05) is 13.0 Å². The summed E-state index contributed by atoms with van der Waals surface area (Å²) in [5.74, 6) is -0.317. The highest BCUT2D eigenvalue weighted by Gasteiger charge is 2.16. The lowest BCUT2D eigenvalue weighted by atomic mass is 10.0. The van der Waals surface area contributed by atoms with E-state index in [4.69, 9.17) is 9.47 Å². The molecule has 0 heterocycles. The van der Waals surface area contributed by atoms with Crippen molar-refractivity contribution in [3.05, 3.63) is 29.6 Å². The number of carbonyl (C=O) groups is 1. The SMILES string of the molecule is CCC(OC)C(=O)Cc1ccc(OC)c(F)c1. The van der Waals surface area contributed by atoms with Gasteiger partial charge in [0.1, 0.15) is 6.10 Å². The van der Waals surface area contributed by atoms with E-state index in [0.29, 0.717) is 12.0 Å². The molecule has 0 aromatic heterocycles. The van der Waals surface area contributed by atoms with Crippen LogP contribution in [0.25, 0.3) is 0 Å². The quantitative estimate of drug-likeness (QED) is 0.765. The van der Waals surface area contributed by atoms with Gasteiger partial charge in [0.25, 0.3) is 0 Å².